The normalized spacial score (nSPS) is 18.3. The number of likely N-dealkylation sites (tertiary alicyclic amines) is 1. The van der Waals surface area contributed by atoms with E-state index >= 15 is 0 Å². The fraction of sp³-hybridized carbons (Fsp3) is 0.591. The summed E-state index contributed by atoms with van der Waals surface area (Å²) in [5, 5.41) is 12.4. The van der Waals surface area contributed by atoms with Crippen LogP contribution in [0.25, 0.3) is 0 Å². The van der Waals surface area contributed by atoms with Crippen molar-refractivity contribution < 1.29 is 24.2 Å². The smallest absolute Gasteiger partial charge is 0.326 e. The Kier molecular flexibility index (Phi) is 9.12. The molecule has 2 N–H and O–H groups in total. The van der Waals surface area contributed by atoms with Crippen LogP contribution in [-0.2, 0) is 25.5 Å². The molecule has 0 saturated carbocycles. The lowest BCUT2D eigenvalue weighted by Gasteiger charge is -2.28. The average molecular weight is 405 g/mol. The summed E-state index contributed by atoms with van der Waals surface area (Å²) in [6.07, 6.45) is 4.02. The van der Waals surface area contributed by atoms with Gasteiger partial charge in [0, 0.05) is 6.54 Å². The van der Waals surface area contributed by atoms with Crippen molar-refractivity contribution in [3.63, 3.8) is 0 Å². The number of carbonyl (C=O) groups is 3. The molecule has 7 heteroatoms. The Morgan fingerprint density at radius 3 is 2.66 bits per heavy atom. The molecule has 0 unspecified atom stereocenters. The van der Waals surface area contributed by atoms with Crippen LogP contribution in [0.1, 0.15) is 51.5 Å². The summed E-state index contributed by atoms with van der Waals surface area (Å²) < 4.78 is 5.38. The van der Waals surface area contributed by atoms with Crippen molar-refractivity contribution >= 4 is 17.8 Å². The average Bonchev–Trinajstić information content (AvgIpc) is 3.21. The largest absolute Gasteiger partial charge is 0.480 e. The Morgan fingerprint density at radius 1 is 1.28 bits per heavy atom. The lowest BCUT2D eigenvalue weighted by molar-refractivity contribution is -0.150. The summed E-state index contributed by atoms with van der Waals surface area (Å²) in [6.45, 7) is 4.48. The van der Waals surface area contributed by atoms with Gasteiger partial charge in [-0.15, -0.1) is 0 Å². The van der Waals surface area contributed by atoms with Gasteiger partial charge in [-0.2, -0.15) is 0 Å². The minimum Gasteiger partial charge on any atom is -0.480 e. The van der Waals surface area contributed by atoms with Crippen molar-refractivity contribution in [1.29, 1.82) is 0 Å². The third kappa shape index (κ3) is 6.85. The third-order valence-corrected chi connectivity index (χ3v) is 5.23. The summed E-state index contributed by atoms with van der Waals surface area (Å²) in [5.74, 6) is -1.64. The van der Waals surface area contributed by atoms with Gasteiger partial charge in [0.25, 0.3) is 0 Å². The Morgan fingerprint density at radius 2 is 2.00 bits per heavy atom. The molecule has 1 aromatic rings. The SMILES string of the molecule is CCCCOC(=O)[C@H](CCc1ccccc1)N[C@@H](C)C(=O)N1CCC[C@@H]1C(=O)O. The van der Waals surface area contributed by atoms with Gasteiger partial charge in [-0.3, -0.25) is 14.9 Å². The van der Waals surface area contributed by atoms with Gasteiger partial charge in [0.1, 0.15) is 12.1 Å². The van der Waals surface area contributed by atoms with E-state index in [0.29, 0.717) is 38.8 Å². The molecule has 2 rings (SSSR count). The first-order chi connectivity index (χ1) is 13.9. The van der Waals surface area contributed by atoms with Gasteiger partial charge in [-0.1, -0.05) is 43.7 Å². The molecular formula is C22H32N2O5. The van der Waals surface area contributed by atoms with Crippen LogP contribution in [0.5, 0.6) is 0 Å². The summed E-state index contributed by atoms with van der Waals surface area (Å²) in [6, 6.07) is 7.74. The van der Waals surface area contributed by atoms with E-state index in [2.05, 4.69) is 5.32 Å². The number of aliphatic carboxylic acids is 1. The topological polar surface area (TPSA) is 95.9 Å². The number of ether oxygens (including phenoxy) is 1. The molecule has 0 aromatic heterocycles. The van der Waals surface area contributed by atoms with Crippen LogP contribution in [0.2, 0.25) is 0 Å². The maximum atomic E-state index is 12.8. The van der Waals surface area contributed by atoms with Crippen LogP contribution >= 0.6 is 0 Å². The molecule has 1 saturated heterocycles. The number of nitrogens with zero attached hydrogens (tertiary/aromatic N) is 1. The molecule has 0 spiro atoms. The first-order valence-electron chi connectivity index (χ1n) is 10.4. The number of benzene rings is 1. The van der Waals surface area contributed by atoms with E-state index in [0.717, 1.165) is 18.4 Å². The van der Waals surface area contributed by atoms with Crippen LogP contribution in [0.15, 0.2) is 30.3 Å². The van der Waals surface area contributed by atoms with E-state index in [1.54, 1.807) is 6.92 Å². The zero-order chi connectivity index (χ0) is 21.2. The lowest BCUT2D eigenvalue weighted by Crippen LogP contribution is -2.53. The molecule has 1 aliphatic rings. The zero-order valence-corrected chi connectivity index (χ0v) is 17.3. The van der Waals surface area contributed by atoms with Gasteiger partial charge in [0.05, 0.1) is 12.6 Å². The van der Waals surface area contributed by atoms with E-state index < -0.39 is 24.1 Å². The van der Waals surface area contributed by atoms with Gasteiger partial charge in [-0.05, 0) is 44.6 Å². The van der Waals surface area contributed by atoms with Gasteiger partial charge in [0.15, 0.2) is 0 Å². The fourth-order valence-electron chi connectivity index (χ4n) is 3.55. The standard InChI is InChI=1S/C22H32N2O5/c1-3-4-15-29-22(28)18(13-12-17-9-6-5-7-10-17)23-16(2)20(25)24-14-8-11-19(24)21(26)27/h5-7,9-10,16,18-19,23H,3-4,8,11-15H2,1-2H3,(H,26,27)/t16-,18-,19+/m0/s1. The number of aryl methyl sites for hydroxylation is 1. The number of carboxylic acid groups (broad SMARTS) is 1. The number of hydrogen-bond acceptors (Lipinski definition) is 5. The molecule has 3 atom stereocenters. The number of esters is 1. The second-order valence-electron chi connectivity index (χ2n) is 7.51. The van der Waals surface area contributed by atoms with Gasteiger partial charge < -0.3 is 14.7 Å². The summed E-state index contributed by atoms with van der Waals surface area (Å²) in [7, 11) is 0. The van der Waals surface area contributed by atoms with E-state index in [1.165, 1.54) is 4.90 Å². The van der Waals surface area contributed by atoms with Crippen molar-refractivity contribution in [2.24, 2.45) is 0 Å². The predicted octanol–water partition coefficient (Wildman–Crippen LogP) is 2.38. The molecule has 1 aromatic carbocycles. The van der Waals surface area contributed by atoms with Crippen LogP contribution < -0.4 is 5.32 Å². The monoisotopic (exact) mass is 404 g/mol. The third-order valence-electron chi connectivity index (χ3n) is 5.23. The number of unbranched alkanes of at least 4 members (excludes halogenated alkanes) is 1. The molecule has 29 heavy (non-hydrogen) atoms. The molecule has 0 radical (unpaired) electrons. The molecule has 160 valence electrons. The highest BCUT2D eigenvalue weighted by Gasteiger charge is 2.37. The highest BCUT2D eigenvalue weighted by atomic mass is 16.5. The molecule has 7 nitrogen and oxygen atoms in total. The predicted molar refractivity (Wildman–Crippen MR) is 109 cm³/mol. The molecule has 1 amide bonds. The Hall–Kier alpha value is -2.41. The van der Waals surface area contributed by atoms with Gasteiger partial charge in [0.2, 0.25) is 5.91 Å². The number of carboxylic acids is 1. The maximum Gasteiger partial charge on any atom is 0.326 e. The second kappa shape index (κ2) is 11.6. The summed E-state index contributed by atoms with van der Waals surface area (Å²) >= 11 is 0. The first kappa shape index (κ1) is 22.9. The van der Waals surface area contributed by atoms with E-state index in [9.17, 15) is 19.5 Å². The molecule has 0 bridgehead atoms. The number of amides is 1. The number of rotatable bonds is 11. The van der Waals surface area contributed by atoms with Crippen molar-refractivity contribution in [3.05, 3.63) is 35.9 Å². The zero-order valence-electron chi connectivity index (χ0n) is 17.3. The fourth-order valence-corrected chi connectivity index (χ4v) is 3.55. The van der Waals surface area contributed by atoms with E-state index in [-0.39, 0.29) is 11.9 Å². The molecule has 1 heterocycles. The first-order valence-corrected chi connectivity index (χ1v) is 10.4. The molecule has 1 fully saturated rings. The highest BCUT2D eigenvalue weighted by Crippen LogP contribution is 2.19. The van der Waals surface area contributed by atoms with Crippen LogP contribution in [0.3, 0.4) is 0 Å². The van der Waals surface area contributed by atoms with Gasteiger partial charge in [-0.25, -0.2) is 4.79 Å². The quantitative estimate of drug-likeness (QED) is 0.434. The molecule has 1 aliphatic heterocycles. The Labute approximate surface area is 172 Å². The Balaban J connectivity index is 2.01. The minimum absolute atomic E-state index is 0.291. The number of hydrogen-bond donors (Lipinski definition) is 2. The number of carbonyl (C=O) groups excluding carboxylic acids is 2. The summed E-state index contributed by atoms with van der Waals surface area (Å²) in [5.41, 5.74) is 1.10. The molecular weight excluding hydrogens is 372 g/mol. The lowest BCUT2D eigenvalue weighted by atomic mass is 10.0. The van der Waals surface area contributed by atoms with Crippen LogP contribution in [0.4, 0.5) is 0 Å². The van der Waals surface area contributed by atoms with E-state index in [1.807, 2.05) is 37.3 Å². The molecule has 0 aliphatic carbocycles. The minimum atomic E-state index is -0.984. The van der Waals surface area contributed by atoms with Crippen molar-refractivity contribution in [2.45, 2.75) is 70.5 Å². The van der Waals surface area contributed by atoms with Crippen molar-refractivity contribution in [1.82, 2.24) is 10.2 Å². The Bertz CT molecular complexity index is 679. The van der Waals surface area contributed by atoms with Crippen molar-refractivity contribution in [3.8, 4) is 0 Å². The number of nitrogens with one attached hydrogen (secondary N) is 1. The van der Waals surface area contributed by atoms with E-state index in [4.69, 9.17) is 4.74 Å². The van der Waals surface area contributed by atoms with Gasteiger partial charge >= 0.3 is 11.9 Å². The van der Waals surface area contributed by atoms with Crippen LogP contribution in [-0.4, -0.2) is 59.1 Å². The second-order valence-corrected chi connectivity index (χ2v) is 7.51. The maximum absolute atomic E-state index is 12.8. The highest BCUT2D eigenvalue weighted by molar-refractivity contribution is 5.88. The summed E-state index contributed by atoms with van der Waals surface area (Å²) in [4.78, 5) is 38.2. The van der Waals surface area contributed by atoms with Crippen LogP contribution in [0, 0.1) is 0 Å². The van der Waals surface area contributed by atoms with Crippen molar-refractivity contribution in [2.75, 3.05) is 13.2 Å².